The normalized spacial score (nSPS) is 16.1. The van der Waals surface area contributed by atoms with Crippen LogP contribution in [0.3, 0.4) is 0 Å². The average molecular weight is 756 g/mol. The van der Waals surface area contributed by atoms with Gasteiger partial charge in [-0.25, -0.2) is 9.79 Å². The maximum Gasteiger partial charge on any atom is 0.330 e. The summed E-state index contributed by atoms with van der Waals surface area (Å²) in [6.07, 6.45) is 11.1. The monoisotopic (exact) mass is 755 g/mol. The molecule has 0 bridgehead atoms. The number of hydrazone groups is 1. The van der Waals surface area contributed by atoms with Crippen molar-refractivity contribution in [1.82, 2.24) is 4.41 Å². The number of para-hydroxylation sites is 1. The maximum absolute atomic E-state index is 13.3. The summed E-state index contributed by atoms with van der Waals surface area (Å²) in [6, 6.07) is 19.4. The lowest BCUT2D eigenvalue weighted by Crippen LogP contribution is -2.30. The second kappa shape index (κ2) is 20.7. The highest BCUT2D eigenvalue weighted by atomic mass is 32.1. The van der Waals surface area contributed by atoms with Crippen molar-refractivity contribution in [3.8, 4) is 23.0 Å². The van der Waals surface area contributed by atoms with Crippen molar-refractivity contribution in [3.63, 3.8) is 0 Å². The van der Waals surface area contributed by atoms with E-state index in [9.17, 15) is 19.2 Å². The van der Waals surface area contributed by atoms with Crippen molar-refractivity contribution in [2.75, 3.05) is 13.2 Å². The van der Waals surface area contributed by atoms with Crippen LogP contribution in [0, 0.1) is 11.8 Å². The van der Waals surface area contributed by atoms with Gasteiger partial charge in [-0.1, -0.05) is 50.5 Å². The first-order valence-corrected chi connectivity index (χ1v) is 18.6. The van der Waals surface area contributed by atoms with Crippen LogP contribution in [0.25, 0.3) is 0 Å². The summed E-state index contributed by atoms with van der Waals surface area (Å²) in [7, 11) is 0. The molecule has 1 heterocycles. The van der Waals surface area contributed by atoms with Gasteiger partial charge in [0.15, 0.2) is 0 Å². The third kappa shape index (κ3) is 12.1. The zero-order chi connectivity index (χ0) is 38.1. The third-order valence-electron chi connectivity index (χ3n) is 9.16. The van der Waals surface area contributed by atoms with Crippen LogP contribution < -0.4 is 18.9 Å². The molecule has 3 aromatic rings. The summed E-state index contributed by atoms with van der Waals surface area (Å²) in [5.74, 6) is 0.409. The largest absolute Gasteiger partial charge is 0.494 e. The van der Waals surface area contributed by atoms with Crippen molar-refractivity contribution in [2.45, 2.75) is 70.6 Å². The van der Waals surface area contributed by atoms with E-state index in [0.717, 1.165) is 49.8 Å². The Hall–Kier alpha value is -5.43. The molecule has 3 aromatic carbocycles. The molecule has 0 radical (unpaired) electrons. The van der Waals surface area contributed by atoms with Gasteiger partial charge >= 0.3 is 17.9 Å². The van der Waals surface area contributed by atoms with Gasteiger partial charge < -0.3 is 23.7 Å². The molecule has 12 nitrogen and oxygen atoms in total. The number of fused-ring (bicyclic) bond motifs is 1. The molecule has 1 fully saturated rings. The van der Waals surface area contributed by atoms with Gasteiger partial charge in [-0.3, -0.25) is 14.4 Å². The molecule has 2 aliphatic rings. The van der Waals surface area contributed by atoms with Gasteiger partial charge in [-0.05, 0) is 105 Å². The summed E-state index contributed by atoms with van der Waals surface area (Å²) < 4.78 is 28.6. The number of carbonyl (C=O) groups is 4. The minimum atomic E-state index is -0.418. The molecule has 0 saturated heterocycles. The van der Waals surface area contributed by atoms with E-state index in [-0.39, 0.29) is 29.4 Å². The number of amidine groups is 1. The number of unbranched alkanes of at least 4 members (excludes halogenated alkanes) is 5. The first-order valence-electron chi connectivity index (χ1n) is 18.2. The number of hydrogen-bond donors (Lipinski definition) is 1. The Labute approximate surface area is 320 Å². The van der Waals surface area contributed by atoms with Crippen molar-refractivity contribution < 1.29 is 42.9 Å². The number of esters is 3. The Morgan fingerprint density at radius 3 is 2.13 bits per heavy atom. The van der Waals surface area contributed by atoms with Crippen LogP contribution in [0.5, 0.6) is 23.0 Å². The predicted octanol–water partition coefficient (Wildman–Crippen LogP) is 7.75. The lowest BCUT2D eigenvalue weighted by molar-refractivity contribution is -0.145. The standard InChI is InChI=1S/C41H45N3O9S/c1-2-39(46)50-24-10-6-4-3-5-9-23-49-33-17-19-34(20-18-33)52-40(47)29-13-15-30(16-14-29)41(48)53-37-22-21-35(51-28-45)25-32(37)27-42-44(54)38-26-31-11-7-8-12-36(31)43-38/h2,7-8,11-12,17-22,25,27-30,54H,1,3-6,9-10,13-16,23-24,26H2/b42-27+. The molecule has 0 atom stereocenters. The lowest BCUT2D eigenvalue weighted by atomic mass is 9.82. The highest BCUT2D eigenvalue weighted by molar-refractivity contribution is 7.78. The van der Waals surface area contributed by atoms with Crippen molar-refractivity contribution in [3.05, 3.63) is 90.5 Å². The molecule has 284 valence electrons. The Balaban J connectivity index is 1.02. The molecule has 0 unspecified atom stereocenters. The van der Waals surface area contributed by atoms with Gasteiger partial charge in [-0.15, -0.1) is 0 Å². The summed E-state index contributed by atoms with van der Waals surface area (Å²) >= 11 is 4.47. The Morgan fingerprint density at radius 1 is 0.815 bits per heavy atom. The van der Waals surface area contributed by atoms with E-state index in [1.54, 1.807) is 36.4 Å². The van der Waals surface area contributed by atoms with Crippen molar-refractivity contribution >= 4 is 54.9 Å². The third-order valence-corrected chi connectivity index (χ3v) is 9.49. The summed E-state index contributed by atoms with van der Waals surface area (Å²) in [5.41, 5.74) is 2.32. The number of carbonyl (C=O) groups excluding carboxylic acids is 4. The van der Waals surface area contributed by atoms with Crippen molar-refractivity contribution in [1.29, 1.82) is 0 Å². The Morgan fingerprint density at radius 2 is 1.44 bits per heavy atom. The van der Waals surface area contributed by atoms with Crippen LogP contribution in [0.15, 0.2) is 89.5 Å². The molecular weight excluding hydrogens is 711 g/mol. The Bertz CT molecular complexity index is 1820. The highest BCUT2D eigenvalue weighted by Crippen LogP contribution is 2.33. The number of aliphatic imine (C=N–C) groups is 1. The molecule has 54 heavy (non-hydrogen) atoms. The molecule has 0 N–H and O–H groups in total. The molecule has 1 aliphatic carbocycles. The second-order valence-corrected chi connectivity index (χ2v) is 13.4. The van der Waals surface area contributed by atoms with E-state index in [1.807, 2.05) is 24.3 Å². The van der Waals surface area contributed by atoms with Gasteiger partial charge in [0, 0.05) is 18.1 Å². The SMILES string of the molecule is C=CC(=O)OCCCCCCCCOc1ccc(OC(=O)C2CCC(C(=O)Oc3ccc(OC=O)cc3/C=N/N(S)C3=Nc4ccccc4C3)CC2)cc1. The van der Waals surface area contributed by atoms with E-state index in [4.69, 9.17) is 23.7 Å². The van der Waals surface area contributed by atoms with Crippen LogP contribution in [-0.4, -0.2) is 54.1 Å². The summed E-state index contributed by atoms with van der Waals surface area (Å²) in [5, 5.41) is 4.38. The summed E-state index contributed by atoms with van der Waals surface area (Å²) in [4.78, 5) is 52.8. The quantitative estimate of drug-likeness (QED) is 0.0189. The average Bonchev–Trinajstić information content (AvgIpc) is 3.64. The molecule has 0 amide bonds. The number of rotatable bonds is 19. The molecule has 5 rings (SSSR count). The van der Waals surface area contributed by atoms with E-state index in [0.29, 0.717) is 74.7 Å². The molecule has 0 aromatic heterocycles. The molecule has 1 saturated carbocycles. The number of hydrogen-bond acceptors (Lipinski definition) is 13. The first-order chi connectivity index (χ1) is 26.3. The number of benzene rings is 3. The minimum absolute atomic E-state index is 0.242. The predicted molar refractivity (Wildman–Crippen MR) is 206 cm³/mol. The highest BCUT2D eigenvalue weighted by Gasteiger charge is 2.32. The van der Waals surface area contributed by atoms with E-state index in [2.05, 4.69) is 29.5 Å². The smallest absolute Gasteiger partial charge is 0.330 e. The first kappa shape index (κ1) is 39.8. The van der Waals surface area contributed by atoms with Gasteiger partial charge in [0.25, 0.3) is 6.47 Å². The number of ether oxygens (including phenoxy) is 5. The number of nitrogens with zero attached hydrogens (tertiary/aromatic N) is 3. The summed E-state index contributed by atoms with van der Waals surface area (Å²) in [6.45, 7) is 4.72. The van der Waals surface area contributed by atoms with Gasteiger partial charge in [0.1, 0.15) is 28.8 Å². The zero-order valence-electron chi connectivity index (χ0n) is 30.1. The van der Waals surface area contributed by atoms with E-state index in [1.165, 1.54) is 22.8 Å². The minimum Gasteiger partial charge on any atom is -0.494 e. The molecule has 0 spiro atoms. The zero-order valence-corrected chi connectivity index (χ0v) is 31.0. The second-order valence-electron chi connectivity index (χ2n) is 13.0. The van der Waals surface area contributed by atoms with E-state index < -0.39 is 11.9 Å². The topological polar surface area (TPSA) is 142 Å². The van der Waals surface area contributed by atoms with Gasteiger partial charge in [0.05, 0.1) is 37.0 Å². The fraction of sp³-hybridized carbons (Fsp3) is 0.366. The van der Waals surface area contributed by atoms with Crippen LogP contribution in [0.4, 0.5) is 5.69 Å². The fourth-order valence-electron chi connectivity index (χ4n) is 6.16. The van der Waals surface area contributed by atoms with Gasteiger partial charge in [-0.2, -0.15) is 9.52 Å². The van der Waals surface area contributed by atoms with Crippen LogP contribution in [-0.2, 0) is 30.3 Å². The molecule has 13 heteroatoms. The maximum atomic E-state index is 13.3. The lowest BCUT2D eigenvalue weighted by Gasteiger charge is -2.26. The van der Waals surface area contributed by atoms with Crippen LogP contribution in [0.1, 0.15) is 75.3 Å². The number of thiol groups is 1. The Kier molecular flexibility index (Phi) is 15.3. The molecule has 1 aliphatic heterocycles. The van der Waals surface area contributed by atoms with Gasteiger partial charge in [0.2, 0.25) is 0 Å². The molecular formula is C41H45N3O9S. The fourth-order valence-corrected chi connectivity index (χ4v) is 6.33. The van der Waals surface area contributed by atoms with E-state index >= 15 is 0 Å². The van der Waals surface area contributed by atoms with Crippen LogP contribution in [0.2, 0.25) is 0 Å². The van der Waals surface area contributed by atoms with Crippen molar-refractivity contribution in [2.24, 2.45) is 21.9 Å². The van der Waals surface area contributed by atoms with Crippen LogP contribution >= 0.6 is 12.8 Å².